The molecule has 0 spiro atoms. The first-order chi connectivity index (χ1) is 10.1. The molecule has 5 heteroatoms. The summed E-state index contributed by atoms with van der Waals surface area (Å²) in [4.78, 5) is 25.6. The van der Waals surface area contributed by atoms with Gasteiger partial charge in [-0.2, -0.15) is 0 Å². The van der Waals surface area contributed by atoms with Gasteiger partial charge in [0.1, 0.15) is 0 Å². The highest BCUT2D eigenvalue weighted by molar-refractivity contribution is 5.96. The van der Waals surface area contributed by atoms with E-state index in [-0.39, 0.29) is 11.8 Å². The van der Waals surface area contributed by atoms with Crippen LogP contribution in [0, 0.1) is 5.92 Å². The highest BCUT2D eigenvalue weighted by Crippen LogP contribution is 2.19. The number of hydrogen-bond acceptors (Lipinski definition) is 3. The molecule has 1 aromatic carbocycles. The largest absolute Gasteiger partial charge is 0.338 e. The minimum Gasteiger partial charge on any atom is -0.338 e. The lowest BCUT2D eigenvalue weighted by molar-refractivity contribution is -0.114. The molecule has 1 saturated heterocycles. The van der Waals surface area contributed by atoms with Crippen molar-refractivity contribution in [3.8, 4) is 0 Å². The number of carbonyl (C=O) groups is 2. The number of hydrogen-bond donors (Lipinski definition) is 2. The van der Waals surface area contributed by atoms with E-state index in [2.05, 4.69) is 5.32 Å². The Morgan fingerprint density at radius 3 is 2.90 bits per heavy atom. The van der Waals surface area contributed by atoms with Crippen LogP contribution >= 0.6 is 0 Å². The van der Waals surface area contributed by atoms with Crippen LogP contribution in [0.4, 0.5) is 5.69 Å². The molecular weight excluding hydrogens is 266 g/mol. The standard InChI is InChI=1S/C16H23N3O2/c1-12(20)18-15-7-4-6-14(9-15)16(21)19-8-3-2-5-13(10-17)11-19/h4,6-7,9,13H,2-3,5,8,10-11,17H2,1H3,(H,18,20). The van der Waals surface area contributed by atoms with Crippen molar-refractivity contribution in [1.82, 2.24) is 4.90 Å². The van der Waals surface area contributed by atoms with Crippen LogP contribution in [0.1, 0.15) is 36.5 Å². The number of nitrogens with two attached hydrogens (primary N) is 1. The lowest BCUT2D eigenvalue weighted by atomic mass is 10.0. The third-order valence-electron chi connectivity index (χ3n) is 3.82. The average Bonchev–Trinajstić information content (AvgIpc) is 2.71. The molecule has 1 aliphatic heterocycles. The molecule has 2 rings (SSSR count). The Balaban J connectivity index is 2.12. The molecule has 21 heavy (non-hydrogen) atoms. The molecule has 0 saturated carbocycles. The van der Waals surface area contributed by atoms with Gasteiger partial charge in [0, 0.05) is 31.3 Å². The smallest absolute Gasteiger partial charge is 0.253 e. The van der Waals surface area contributed by atoms with Gasteiger partial charge in [0.2, 0.25) is 5.91 Å². The van der Waals surface area contributed by atoms with Gasteiger partial charge in [-0.3, -0.25) is 9.59 Å². The first-order valence-corrected chi connectivity index (χ1v) is 7.47. The summed E-state index contributed by atoms with van der Waals surface area (Å²) >= 11 is 0. The van der Waals surface area contributed by atoms with Crippen molar-refractivity contribution in [2.75, 3.05) is 25.0 Å². The first-order valence-electron chi connectivity index (χ1n) is 7.47. The molecule has 0 aromatic heterocycles. The molecule has 0 radical (unpaired) electrons. The van der Waals surface area contributed by atoms with Crippen LogP contribution in [-0.2, 0) is 4.79 Å². The Morgan fingerprint density at radius 1 is 1.38 bits per heavy atom. The predicted octanol–water partition coefficient (Wildman–Crippen LogP) is 1.85. The molecule has 0 aliphatic carbocycles. The van der Waals surface area contributed by atoms with Crippen molar-refractivity contribution in [2.45, 2.75) is 26.2 Å². The monoisotopic (exact) mass is 289 g/mol. The number of anilines is 1. The van der Waals surface area contributed by atoms with Crippen LogP contribution in [0.5, 0.6) is 0 Å². The second-order valence-electron chi connectivity index (χ2n) is 5.61. The van der Waals surface area contributed by atoms with E-state index in [1.54, 1.807) is 24.3 Å². The zero-order chi connectivity index (χ0) is 15.2. The zero-order valence-corrected chi connectivity index (χ0v) is 12.5. The quantitative estimate of drug-likeness (QED) is 0.891. The van der Waals surface area contributed by atoms with E-state index in [1.807, 2.05) is 4.90 Å². The fourth-order valence-corrected chi connectivity index (χ4v) is 2.72. The normalized spacial score (nSPS) is 19.0. The average molecular weight is 289 g/mol. The maximum atomic E-state index is 12.6. The van der Waals surface area contributed by atoms with Gasteiger partial charge in [0.15, 0.2) is 0 Å². The number of likely N-dealkylation sites (tertiary alicyclic amines) is 1. The summed E-state index contributed by atoms with van der Waals surface area (Å²) < 4.78 is 0. The van der Waals surface area contributed by atoms with Crippen molar-refractivity contribution in [3.05, 3.63) is 29.8 Å². The van der Waals surface area contributed by atoms with Crippen molar-refractivity contribution in [2.24, 2.45) is 11.7 Å². The molecule has 2 amide bonds. The summed E-state index contributed by atoms with van der Waals surface area (Å²) in [6.07, 6.45) is 3.23. The van der Waals surface area contributed by atoms with Crippen LogP contribution in [0.15, 0.2) is 24.3 Å². The third-order valence-corrected chi connectivity index (χ3v) is 3.82. The lowest BCUT2D eigenvalue weighted by Gasteiger charge is -2.24. The number of carbonyl (C=O) groups excluding carboxylic acids is 2. The summed E-state index contributed by atoms with van der Waals surface area (Å²) in [5.74, 6) is 0.259. The summed E-state index contributed by atoms with van der Waals surface area (Å²) in [6, 6.07) is 7.09. The minimum absolute atomic E-state index is 0.0163. The van der Waals surface area contributed by atoms with Crippen molar-refractivity contribution >= 4 is 17.5 Å². The number of nitrogens with one attached hydrogen (secondary N) is 1. The summed E-state index contributed by atoms with van der Waals surface area (Å²) in [6.45, 7) is 3.57. The molecule has 1 unspecified atom stereocenters. The van der Waals surface area contributed by atoms with E-state index >= 15 is 0 Å². The minimum atomic E-state index is -0.141. The summed E-state index contributed by atoms with van der Waals surface area (Å²) in [5.41, 5.74) is 7.03. The van der Waals surface area contributed by atoms with Crippen molar-refractivity contribution in [1.29, 1.82) is 0 Å². The van der Waals surface area contributed by atoms with Gasteiger partial charge >= 0.3 is 0 Å². The van der Waals surface area contributed by atoms with E-state index in [0.717, 1.165) is 32.4 Å². The SMILES string of the molecule is CC(=O)Nc1cccc(C(=O)N2CCCCC(CN)C2)c1. The summed E-state index contributed by atoms with van der Waals surface area (Å²) in [5, 5.41) is 2.71. The molecule has 1 atom stereocenters. The van der Waals surface area contributed by atoms with Crippen LogP contribution in [0.3, 0.4) is 0 Å². The Morgan fingerprint density at radius 2 is 2.19 bits per heavy atom. The molecule has 3 N–H and O–H groups in total. The Bertz CT molecular complexity index is 516. The molecule has 1 aromatic rings. The predicted molar refractivity (Wildman–Crippen MR) is 83.0 cm³/mol. The second kappa shape index (κ2) is 7.22. The fourth-order valence-electron chi connectivity index (χ4n) is 2.72. The van der Waals surface area contributed by atoms with Crippen LogP contribution in [0.2, 0.25) is 0 Å². The number of amides is 2. The van der Waals surface area contributed by atoms with E-state index in [1.165, 1.54) is 6.92 Å². The van der Waals surface area contributed by atoms with Crippen molar-refractivity contribution < 1.29 is 9.59 Å². The van der Waals surface area contributed by atoms with Crippen LogP contribution < -0.4 is 11.1 Å². The van der Waals surface area contributed by atoms with Gasteiger partial charge < -0.3 is 16.0 Å². The van der Waals surface area contributed by atoms with Gasteiger partial charge in [0.25, 0.3) is 5.91 Å². The van der Waals surface area contributed by atoms with Gasteiger partial charge in [0.05, 0.1) is 0 Å². The number of benzene rings is 1. The first kappa shape index (κ1) is 15.5. The highest BCUT2D eigenvalue weighted by atomic mass is 16.2. The molecule has 1 fully saturated rings. The Labute approximate surface area is 125 Å². The molecule has 1 heterocycles. The van der Waals surface area contributed by atoms with Gasteiger partial charge in [-0.25, -0.2) is 0 Å². The van der Waals surface area contributed by atoms with Gasteiger partial charge in [-0.05, 0) is 43.5 Å². The maximum absolute atomic E-state index is 12.6. The Hall–Kier alpha value is -1.88. The topological polar surface area (TPSA) is 75.4 Å². The lowest BCUT2D eigenvalue weighted by Crippen LogP contribution is -2.36. The van der Waals surface area contributed by atoms with E-state index in [9.17, 15) is 9.59 Å². The third kappa shape index (κ3) is 4.29. The fraction of sp³-hybridized carbons (Fsp3) is 0.500. The molecule has 114 valence electrons. The van der Waals surface area contributed by atoms with E-state index in [4.69, 9.17) is 5.73 Å². The molecule has 0 bridgehead atoms. The summed E-state index contributed by atoms with van der Waals surface area (Å²) in [7, 11) is 0. The van der Waals surface area contributed by atoms with E-state index < -0.39 is 0 Å². The second-order valence-corrected chi connectivity index (χ2v) is 5.61. The van der Waals surface area contributed by atoms with Crippen molar-refractivity contribution in [3.63, 3.8) is 0 Å². The number of rotatable bonds is 3. The highest BCUT2D eigenvalue weighted by Gasteiger charge is 2.22. The van der Waals surface area contributed by atoms with E-state index in [0.29, 0.717) is 23.7 Å². The zero-order valence-electron chi connectivity index (χ0n) is 12.5. The molecule has 1 aliphatic rings. The van der Waals surface area contributed by atoms with Crippen LogP contribution in [0.25, 0.3) is 0 Å². The maximum Gasteiger partial charge on any atom is 0.253 e. The van der Waals surface area contributed by atoms with Gasteiger partial charge in [-0.1, -0.05) is 12.5 Å². The Kier molecular flexibility index (Phi) is 5.33. The molecular formula is C16H23N3O2. The van der Waals surface area contributed by atoms with Gasteiger partial charge in [-0.15, -0.1) is 0 Å². The molecule has 5 nitrogen and oxygen atoms in total. The number of nitrogens with zero attached hydrogens (tertiary/aromatic N) is 1. The van der Waals surface area contributed by atoms with Crippen LogP contribution in [-0.4, -0.2) is 36.3 Å².